The van der Waals surface area contributed by atoms with Crippen molar-refractivity contribution in [1.82, 2.24) is 10.2 Å². The maximum atomic E-state index is 12.5. The molecule has 0 aromatic heterocycles. The van der Waals surface area contributed by atoms with Crippen molar-refractivity contribution in [2.45, 2.75) is 64.1 Å². The lowest BCUT2D eigenvalue weighted by atomic mass is 10.1. The smallest absolute Gasteiger partial charge is 0.245 e. The second kappa shape index (κ2) is 6.37. The van der Waals surface area contributed by atoms with Crippen LogP contribution in [-0.2, 0) is 14.3 Å². The number of nitrogens with zero attached hydrogens (tertiary/aromatic N) is 1. The predicted molar refractivity (Wildman–Crippen MR) is 71.6 cm³/mol. The van der Waals surface area contributed by atoms with Gasteiger partial charge in [-0.1, -0.05) is 13.3 Å². The van der Waals surface area contributed by atoms with Crippen LogP contribution in [0.3, 0.4) is 0 Å². The van der Waals surface area contributed by atoms with Gasteiger partial charge in [0.25, 0.3) is 0 Å². The molecular formula is C14H24N2O3. The molecule has 2 amide bonds. The van der Waals surface area contributed by atoms with Crippen molar-refractivity contribution >= 4 is 11.8 Å². The van der Waals surface area contributed by atoms with Crippen LogP contribution in [0.25, 0.3) is 0 Å². The fourth-order valence-corrected chi connectivity index (χ4v) is 2.93. The Morgan fingerprint density at radius 1 is 1.47 bits per heavy atom. The van der Waals surface area contributed by atoms with Gasteiger partial charge in [-0.15, -0.1) is 0 Å². The summed E-state index contributed by atoms with van der Waals surface area (Å²) in [6, 6.07) is -0.300. The normalized spacial score (nSPS) is 30.1. The first kappa shape index (κ1) is 14.3. The van der Waals surface area contributed by atoms with E-state index in [1.54, 1.807) is 0 Å². The Kier molecular flexibility index (Phi) is 4.80. The van der Waals surface area contributed by atoms with Gasteiger partial charge in [0.1, 0.15) is 6.04 Å². The van der Waals surface area contributed by atoms with Crippen LogP contribution in [-0.4, -0.2) is 48.1 Å². The van der Waals surface area contributed by atoms with Gasteiger partial charge >= 0.3 is 0 Å². The zero-order chi connectivity index (χ0) is 13.8. The van der Waals surface area contributed by atoms with Gasteiger partial charge in [-0.25, -0.2) is 0 Å². The minimum absolute atomic E-state index is 0.0196. The highest BCUT2D eigenvalue weighted by molar-refractivity contribution is 5.90. The number of nitrogens with one attached hydrogen (secondary N) is 1. The number of hydrogen-bond acceptors (Lipinski definition) is 3. The van der Waals surface area contributed by atoms with Crippen LogP contribution in [0.1, 0.15) is 46.0 Å². The molecule has 3 unspecified atom stereocenters. The van der Waals surface area contributed by atoms with Crippen LogP contribution in [0.15, 0.2) is 0 Å². The summed E-state index contributed by atoms with van der Waals surface area (Å²) in [4.78, 5) is 26.1. The summed E-state index contributed by atoms with van der Waals surface area (Å²) >= 11 is 0. The SMILES string of the molecule is CCCC1NC(=O)CCN(C(C)C2CCCO2)C1=O. The molecule has 5 heteroatoms. The van der Waals surface area contributed by atoms with E-state index in [-0.39, 0.29) is 30.0 Å². The summed E-state index contributed by atoms with van der Waals surface area (Å²) in [6.45, 7) is 5.35. The first-order valence-corrected chi connectivity index (χ1v) is 7.35. The zero-order valence-corrected chi connectivity index (χ0v) is 11.9. The summed E-state index contributed by atoms with van der Waals surface area (Å²) in [7, 11) is 0. The summed E-state index contributed by atoms with van der Waals surface area (Å²) in [5.74, 6) is 0.0320. The molecule has 0 aliphatic carbocycles. The summed E-state index contributed by atoms with van der Waals surface area (Å²) in [5.41, 5.74) is 0. The fourth-order valence-electron chi connectivity index (χ4n) is 2.93. The molecule has 0 saturated carbocycles. The molecule has 0 aromatic carbocycles. The highest BCUT2D eigenvalue weighted by Gasteiger charge is 2.35. The Morgan fingerprint density at radius 2 is 2.26 bits per heavy atom. The van der Waals surface area contributed by atoms with Crippen LogP contribution in [0.5, 0.6) is 0 Å². The van der Waals surface area contributed by atoms with Gasteiger partial charge in [-0.2, -0.15) is 0 Å². The molecule has 5 nitrogen and oxygen atoms in total. The number of rotatable bonds is 4. The molecule has 2 rings (SSSR count). The van der Waals surface area contributed by atoms with E-state index in [4.69, 9.17) is 4.74 Å². The third-order valence-corrected chi connectivity index (χ3v) is 4.07. The quantitative estimate of drug-likeness (QED) is 0.829. The van der Waals surface area contributed by atoms with Gasteiger partial charge in [0.05, 0.1) is 12.1 Å². The first-order valence-electron chi connectivity index (χ1n) is 7.35. The molecule has 19 heavy (non-hydrogen) atoms. The number of amides is 2. The van der Waals surface area contributed by atoms with Gasteiger partial charge < -0.3 is 15.0 Å². The molecule has 2 saturated heterocycles. The van der Waals surface area contributed by atoms with Crippen molar-refractivity contribution in [3.05, 3.63) is 0 Å². The van der Waals surface area contributed by atoms with E-state index in [2.05, 4.69) is 5.32 Å². The molecule has 2 aliphatic rings. The van der Waals surface area contributed by atoms with Crippen molar-refractivity contribution in [3.63, 3.8) is 0 Å². The van der Waals surface area contributed by atoms with Crippen molar-refractivity contribution in [3.8, 4) is 0 Å². The van der Waals surface area contributed by atoms with Crippen LogP contribution in [0.2, 0.25) is 0 Å². The predicted octanol–water partition coefficient (Wildman–Crippen LogP) is 1.07. The standard InChI is InChI=1S/C14H24N2O3/c1-3-5-11-14(18)16(8-7-13(17)15-11)10(2)12-6-4-9-19-12/h10-12H,3-9H2,1-2H3,(H,15,17). The Hall–Kier alpha value is -1.10. The summed E-state index contributed by atoms with van der Waals surface area (Å²) in [6.07, 6.45) is 4.18. The molecule has 3 atom stereocenters. The number of hydrogen-bond donors (Lipinski definition) is 1. The van der Waals surface area contributed by atoms with Gasteiger partial charge in [0.15, 0.2) is 0 Å². The van der Waals surface area contributed by atoms with Crippen molar-refractivity contribution in [2.75, 3.05) is 13.2 Å². The third kappa shape index (κ3) is 3.26. The number of ether oxygens (including phenoxy) is 1. The van der Waals surface area contributed by atoms with Crippen LogP contribution < -0.4 is 5.32 Å². The highest BCUT2D eigenvalue weighted by atomic mass is 16.5. The molecular weight excluding hydrogens is 244 g/mol. The molecule has 0 aromatic rings. The van der Waals surface area contributed by atoms with E-state index in [1.165, 1.54) is 0 Å². The molecule has 2 aliphatic heterocycles. The van der Waals surface area contributed by atoms with E-state index < -0.39 is 0 Å². The second-order valence-electron chi connectivity index (χ2n) is 5.48. The third-order valence-electron chi connectivity index (χ3n) is 4.07. The Labute approximate surface area is 114 Å². The largest absolute Gasteiger partial charge is 0.376 e. The van der Waals surface area contributed by atoms with E-state index in [0.29, 0.717) is 19.4 Å². The molecule has 0 bridgehead atoms. The summed E-state index contributed by atoms with van der Waals surface area (Å²) in [5, 5.41) is 2.83. The van der Waals surface area contributed by atoms with Crippen molar-refractivity contribution < 1.29 is 14.3 Å². The topological polar surface area (TPSA) is 58.6 Å². The Morgan fingerprint density at radius 3 is 2.89 bits per heavy atom. The molecule has 0 radical (unpaired) electrons. The molecule has 2 heterocycles. The van der Waals surface area contributed by atoms with Crippen LogP contribution >= 0.6 is 0 Å². The Bertz CT molecular complexity index is 340. The maximum absolute atomic E-state index is 12.5. The summed E-state index contributed by atoms with van der Waals surface area (Å²) < 4.78 is 5.68. The van der Waals surface area contributed by atoms with Crippen LogP contribution in [0.4, 0.5) is 0 Å². The molecule has 0 spiro atoms. The van der Waals surface area contributed by atoms with E-state index in [1.807, 2.05) is 18.7 Å². The van der Waals surface area contributed by atoms with Gasteiger partial charge in [-0.05, 0) is 26.2 Å². The average molecular weight is 268 g/mol. The molecule has 1 N–H and O–H groups in total. The van der Waals surface area contributed by atoms with E-state index in [0.717, 1.165) is 25.9 Å². The zero-order valence-electron chi connectivity index (χ0n) is 11.9. The average Bonchev–Trinajstić information content (AvgIpc) is 2.87. The van der Waals surface area contributed by atoms with Crippen molar-refractivity contribution in [2.24, 2.45) is 0 Å². The van der Waals surface area contributed by atoms with Crippen LogP contribution in [0, 0.1) is 0 Å². The minimum atomic E-state index is -0.358. The van der Waals surface area contributed by atoms with E-state index >= 15 is 0 Å². The maximum Gasteiger partial charge on any atom is 0.245 e. The number of carbonyl (C=O) groups excluding carboxylic acids is 2. The lowest BCUT2D eigenvalue weighted by Gasteiger charge is -2.33. The minimum Gasteiger partial charge on any atom is -0.376 e. The van der Waals surface area contributed by atoms with Gasteiger partial charge in [0.2, 0.25) is 11.8 Å². The second-order valence-corrected chi connectivity index (χ2v) is 5.48. The fraction of sp³-hybridized carbons (Fsp3) is 0.857. The van der Waals surface area contributed by atoms with E-state index in [9.17, 15) is 9.59 Å². The van der Waals surface area contributed by atoms with Gasteiger partial charge in [0, 0.05) is 19.6 Å². The highest BCUT2D eigenvalue weighted by Crippen LogP contribution is 2.22. The Balaban J connectivity index is 2.08. The molecule has 108 valence electrons. The number of carbonyl (C=O) groups is 2. The lowest BCUT2D eigenvalue weighted by Crippen LogP contribution is -2.50. The lowest BCUT2D eigenvalue weighted by molar-refractivity contribution is -0.137. The molecule has 2 fully saturated rings. The van der Waals surface area contributed by atoms with Gasteiger partial charge in [-0.3, -0.25) is 9.59 Å². The van der Waals surface area contributed by atoms with Crippen molar-refractivity contribution in [1.29, 1.82) is 0 Å². The first-order chi connectivity index (χ1) is 9.13. The monoisotopic (exact) mass is 268 g/mol.